The highest BCUT2D eigenvalue weighted by molar-refractivity contribution is 5.94. The van der Waals surface area contributed by atoms with Crippen LogP contribution in [0, 0.1) is 6.92 Å². The molecule has 2 aromatic carbocycles. The number of nitrogens with zero attached hydrogens (tertiary/aromatic N) is 3. The standard InChI is InChI=1S/C31H28F3N3O3/c1-20-25-17-23(13-14-27(25)36(35-20)19-39-18-21-7-3-2-4-8-21)37(22-11-12-22)30(38)29-16-15-28(40-29)24-9-5-6-10-26(24)31(32,33)34/h2-10,22-23H,11-14,17-19H2,1H3. The van der Waals surface area contributed by atoms with Crippen molar-refractivity contribution >= 4 is 11.7 Å². The lowest BCUT2D eigenvalue weighted by atomic mass is 9.90. The molecule has 1 atom stereocenters. The first-order chi connectivity index (χ1) is 19.3. The van der Waals surface area contributed by atoms with Crippen molar-refractivity contribution in [3.63, 3.8) is 0 Å². The second-order valence-electron chi connectivity index (χ2n) is 10.4. The zero-order valence-electron chi connectivity index (χ0n) is 22.0. The van der Waals surface area contributed by atoms with E-state index in [1.54, 1.807) is 0 Å². The Morgan fingerprint density at radius 2 is 1.82 bits per heavy atom. The molecule has 206 valence electrons. The molecule has 1 unspecified atom stereocenters. The number of aryl methyl sites for hydroxylation is 1. The van der Waals surface area contributed by atoms with E-state index in [2.05, 4.69) is 11.5 Å². The van der Waals surface area contributed by atoms with Gasteiger partial charge in [-0.2, -0.15) is 18.3 Å². The van der Waals surface area contributed by atoms with Gasteiger partial charge in [0.2, 0.25) is 5.76 Å². The van der Waals surface area contributed by atoms with Crippen LogP contribution in [0.15, 0.2) is 71.8 Å². The molecule has 3 aliphatic rings. The van der Waals surface area contributed by atoms with E-state index in [1.165, 1.54) is 18.2 Å². The molecule has 40 heavy (non-hydrogen) atoms. The van der Waals surface area contributed by atoms with E-state index in [-0.39, 0.29) is 35.1 Å². The molecule has 6 nitrogen and oxygen atoms in total. The van der Waals surface area contributed by atoms with Crippen LogP contribution in [0.5, 0.6) is 0 Å². The Labute approximate surface area is 230 Å². The van der Waals surface area contributed by atoms with Crippen molar-refractivity contribution < 1.29 is 27.4 Å². The summed E-state index contributed by atoms with van der Waals surface area (Å²) in [6.07, 6.45) is -0.659. The lowest BCUT2D eigenvalue weighted by Gasteiger charge is -2.34. The molecule has 2 heterocycles. The molecule has 1 aromatic heterocycles. The summed E-state index contributed by atoms with van der Waals surface area (Å²) >= 11 is 0. The molecule has 6 rings (SSSR count). The zero-order valence-corrected chi connectivity index (χ0v) is 22.0. The Morgan fingerprint density at radius 1 is 1.07 bits per heavy atom. The van der Waals surface area contributed by atoms with Gasteiger partial charge in [-0.3, -0.25) is 4.79 Å². The third-order valence-corrected chi connectivity index (χ3v) is 7.58. The molecule has 9 heteroatoms. The number of aromatic nitrogens is 2. The van der Waals surface area contributed by atoms with Crippen molar-refractivity contribution in [1.82, 2.24) is 14.7 Å². The van der Waals surface area contributed by atoms with Crippen molar-refractivity contribution in [2.75, 3.05) is 0 Å². The summed E-state index contributed by atoms with van der Waals surface area (Å²) < 4.78 is 54.1. The van der Waals surface area contributed by atoms with Crippen LogP contribution in [-0.2, 0) is 46.6 Å². The first-order valence-electron chi connectivity index (χ1n) is 13.4. The Kier molecular flexibility index (Phi) is 6.88. The fourth-order valence-electron chi connectivity index (χ4n) is 5.54. The van der Waals surface area contributed by atoms with Crippen molar-refractivity contribution in [2.24, 2.45) is 0 Å². The number of rotatable bonds is 8. The number of alkyl halides is 3. The highest BCUT2D eigenvalue weighted by Gasteiger charge is 2.42. The van der Waals surface area contributed by atoms with Crippen LogP contribution < -0.4 is 0 Å². The number of amides is 1. The van der Waals surface area contributed by atoms with Crippen molar-refractivity contribution in [2.45, 2.75) is 70.6 Å². The van der Waals surface area contributed by atoms with E-state index < -0.39 is 11.7 Å². The lowest BCUT2D eigenvalue weighted by Crippen LogP contribution is -2.45. The fourth-order valence-corrected chi connectivity index (χ4v) is 5.54. The SMILES string of the molecule is Cc1nn(COCc2ccccc2)c2c1CC(N(C(=O)C1=C=C=C(c3ccccc3C(F)(F)F)O1)C1CC1)CC2. The Balaban J connectivity index is 1.17. The van der Waals surface area contributed by atoms with Crippen molar-refractivity contribution in [3.8, 4) is 0 Å². The van der Waals surface area contributed by atoms with Gasteiger partial charge < -0.3 is 14.4 Å². The van der Waals surface area contributed by atoms with Gasteiger partial charge in [-0.25, -0.2) is 4.68 Å². The van der Waals surface area contributed by atoms with E-state index in [1.807, 2.05) is 46.8 Å². The van der Waals surface area contributed by atoms with Gasteiger partial charge in [0.25, 0.3) is 5.91 Å². The molecular formula is C31H28F3N3O3. The minimum absolute atomic E-state index is 0.0708. The average Bonchev–Trinajstić information content (AvgIpc) is 3.56. The van der Waals surface area contributed by atoms with Crippen LogP contribution in [0.2, 0.25) is 0 Å². The summed E-state index contributed by atoms with van der Waals surface area (Å²) in [4.78, 5) is 15.5. The summed E-state index contributed by atoms with van der Waals surface area (Å²) in [5.41, 5.74) is 8.54. The number of hydrogen-bond acceptors (Lipinski definition) is 4. The quantitative estimate of drug-likeness (QED) is 0.328. The van der Waals surface area contributed by atoms with Crippen LogP contribution in [0.4, 0.5) is 13.2 Å². The van der Waals surface area contributed by atoms with E-state index in [0.717, 1.165) is 54.3 Å². The summed E-state index contributed by atoms with van der Waals surface area (Å²) in [6, 6.07) is 15.1. The number of halogens is 3. The number of fused-ring (bicyclic) bond motifs is 1. The number of benzene rings is 2. The van der Waals surface area contributed by atoms with Crippen LogP contribution >= 0.6 is 0 Å². The summed E-state index contributed by atoms with van der Waals surface area (Å²) in [5, 5.41) is 4.71. The fraction of sp³-hybridized carbons (Fsp3) is 0.355. The van der Waals surface area contributed by atoms with E-state index in [4.69, 9.17) is 14.6 Å². The van der Waals surface area contributed by atoms with Gasteiger partial charge in [-0.05, 0) is 73.7 Å². The predicted octanol–water partition coefficient (Wildman–Crippen LogP) is 5.94. The summed E-state index contributed by atoms with van der Waals surface area (Å²) in [5.74, 6) is -0.629. The topological polar surface area (TPSA) is 56.6 Å². The molecule has 0 saturated heterocycles. The maximum atomic E-state index is 13.6. The molecule has 1 aliphatic heterocycles. The largest absolute Gasteiger partial charge is 0.433 e. The molecular weight excluding hydrogens is 519 g/mol. The predicted molar refractivity (Wildman–Crippen MR) is 140 cm³/mol. The third-order valence-electron chi connectivity index (χ3n) is 7.58. The highest BCUT2D eigenvalue weighted by atomic mass is 19.4. The molecule has 2 aliphatic carbocycles. The monoisotopic (exact) mass is 547 g/mol. The second-order valence-corrected chi connectivity index (χ2v) is 10.4. The van der Waals surface area contributed by atoms with Gasteiger partial charge in [0.15, 0.2) is 5.76 Å². The van der Waals surface area contributed by atoms with E-state index in [0.29, 0.717) is 19.8 Å². The van der Waals surface area contributed by atoms with Gasteiger partial charge in [0.05, 0.1) is 17.9 Å². The molecule has 3 aromatic rings. The summed E-state index contributed by atoms with van der Waals surface area (Å²) in [7, 11) is 0. The van der Waals surface area contributed by atoms with E-state index in [9.17, 15) is 18.0 Å². The zero-order chi connectivity index (χ0) is 27.9. The minimum atomic E-state index is -4.56. The Bertz CT molecular complexity index is 1540. The number of carbonyl (C=O) groups is 1. The van der Waals surface area contributed by atoms with Gasteiger partial charge in [0, 0.05) is 23.3 Å². The normalized spacial score (nSPS) is 18.1. The maximum absolute atomic E-state index is 13.6. The van der Waals surface area contributed by atoms with Gasteiger partial charge in [-0.1, -0.05) is 42.5 Å². The van der Waals surface area contributed by atoms with Crippen molar-refractivity contribution in [3.05, 3.63) is 105 Å². The minimum Gasteiger partial charge on any atom is -0.433 e. The molecule has 1 saturated carbocycles. The smallest absolute Gasteiger partial charge is 0.417 e. The second kappa shape index (κ2) is 10.5. The maximum Gasteiger partial charge on any atom is 0.417 e. The lowest BCUT2D eigenvalue weighted by molar-refractivity contribution is -0.137. The van der Waals surface area contributed by atoms with Crippen LogP contribution in [0.1, 0.15) is 52.9 Å². The van der Waals surface area contributed by atoms with Gasteiger partial charge in [-0.15, -0.1) is 0 Å². The summed E-state index contributed by atoms with van der Waals surface area (Å²) in [6.45, 7) is 2.81. The highest BCUT2D eigenvalue weighted by Crippen LogP contribution is 2.39. The Morgan fingerprint density at radius 3 is 2.58 bits per heavy atom. The average molecular weight is 548 g/mol. The van der Waals surface area contributed by atoms with Crippen LogP contribution in [0.25, 0.3) is 5.76 Å². The number of ether oxygens (including phenoxy) is 2. The van der Waals surface area contributed by atoms with Crippen LogP contribution in [0.3, 0.4) is 0 Å². The van der Waals surface area contributed by atoms with E-state index >= 15 is 0 Å². The van der Waals surface area contributed by atoms with Crippen LogP contribution in [-0.4, -0.2) is 32.7 Å². The molecule has 1 fully saturated rings. The molecule has 0 N–H and O–H groups in total. The molecule has 0 radical (unpaired) electrons. The number of carbonyl (C=O) groups excluding carboxylic acids is 1. The van der Waals surface area contributed by atoms with Gasteiger partial charge >= 0.3 is 6.18 Å². The molecule has 0 spiro atoms. The first-order valence-corrected chi connectivity index (χ1v) is 13.4. The molecule has 0 bridgehead atoms. The molecule has 1 amide bonds. The van der Waals surface area contributed by atoms with Gasteiger partial charge in [0.1, 0.15) is 6.73 Å². The van der Waals surface area contributed by atoms with Crippen molar-refractivity contribution in [1.29, 1.82) is 0 Å². The Hall–Kier alpha value is -4.03. The number of hydrogen-bond donors (Lipinski definition) is 0. The third kappa shape index (κ3) is 5.24. The first kappa shape index (κ1) is 26.2.